The highest BCUT2D eigenvalue weighted by atomic mass is 35.5. The van der Waals surface area contributed by atoms with Crippen LogP contribution in [0.4, 0.5) is 0 Å². The van der Waals surface area contributed by atoms with Gasteiger partial charge in [-0.2, -0.15) is 4.98 Å². The SMILES string of the molecule is Cc1cc2c(C)nc(Cl)nc2[nH]1. The van der Waals surface area contributed by atoms with Crippen molar-refractivity contribution in [3.63, 3.8) is 0 Å². The molecule has 0 amide bonds. The summed E-state index contributed by atoms with van der Waals surface area (Å²) >= 11 is 5.69. The molecule has 0 atom stereocenters. The molecule has 0 spiro atoms. The van der Waals surface area contributed by atoms with Crippen LogP contribution in [-0.4, -0.2) is 15.0 Å². The van der Waals surface area contributed by atoms with Crippen LogP contribution >= 0.6 is 11.6 Å². The van der Waals surface area contributed by atoms with Crippen molar-refractivity contribution >= 4 is 22.6 Å². The molecule has 0 aliphatic carbocycles. The molecule has 2 aromatic heterocycles. The first-order chi connectivity index (χ1) is 5.66. The van der Waals surface area contributed by atoms with E-state index in [1.165, 1.54) is 0 Å². The standard InChI is InChI=1S/C8H8ClN3/c1-4-3-6-5(2)11-8(9)12-7(6)10-4/h3H,1-2H3,(H,10,11,12). The lowest BCUT2D eigenvalue weighted by atomic mass is 10.3. The largest absolute Gasteiger partial charge is 0.343 e. The molecule has 2 heterocycles. The molecule has 0 unspecified atom stereocenters. The number of rotatable bonds is 0. The molecule has 0 bridgehead atoms. The number of hydrogen-bond acceptors (Lipinski definition) is 2. The highest BCUT2D eigenvalue weighted by Crippen LogP contribution is 2.17. The molecule has 0 saturated carbocycles. The third-order valence-electron chi connectivity index (χ3n) is 1.79. The summed E-state index contributed by atoms with van der Waals surface area (Å²) in [6, 6.07) is 2.01. The lowest BCUT2D eigenvalue weighted by molar-refractivity contribution is 1.14. The van der Waals surface area contributed by atoms with Crippen molar-refractivity contribution in [1.82, 2.24) is 15.0 Å². The Balaban J connectivity index is 2.88. The zero-order valence-corrected chi connectivity index (χ0v) is 7.61. The normalized spacial score (nSPS) is 10.9. The summed E-state index contributed by atoms with van der Waals surface area (Å²) in [6.45, 7) is 3.90. The summed E-state index contributed by atoms with van der Waals surface area (Å²) in [6.07, 6.45) is 0. The van der Waals surface area contributed by atoms with E-state index < -0.39 is 0 Å². The summed E-state index contributed by atoms with van der Waals surface area (Å²) in [5.74, 6) is 0. The van der Waals surface area contributed by atoms with Gasteiger partial charge in [-0.05, 0) is 31.5 Å². The Kier molecular flexibility index (Phi) is 1.54. The maximum atomic E-state index is 5.69. The monoisotopic (exact) mass is 181 g/mol. The summed E-state index contributed by atoms with van der Waals surface area (Å²) in [7, 11) is 0. The van der Waals surface area contributed by atoms with E-state index in [-0.39, 0.29) is 0 Å². The van der Waals surface area contributed by atoms with Crippen LogP contribution in [0.1, 0.15) is 11.4 Å². The lowest BCUT2D eigenvalue weighted by Crippen LogP contribution is -1.87. The molecule has 2 rings (SSSR count). The molecule has 0 saturated heterocycles. The van der Waals surface area contributed by atoms with Crippen LogP contribution in [0.2, 0.25) is 5.28 Å². The van der Waals surface area contributed by atoms with Gasteiger partial charge in [-0.1, -0.05) is 0 Å². The number of nitrogens with zero attached hydrogens (tertiary/aromatic N) is 2. The minimum absolute atomic E-state index is 0.293. The van der Waals surface area contributed by atoms with E-state index in [4.69, 9.17) is 11.6 Å². The van der Waals surface area contributed by atoms with Crippen LogP contribution in [-0.2, 0) is 0 Å². The summed E-state index contributed by atoms with van der Waals surface area (Å²) in [4.78, 5) is 11.2. The summed E-state index contributed by atoms with van der Waals surface area (Å²) in [5, 5.41) is 1.33. The fourth-order valence-corrected chi connectivity index (χ4v) is 1.47. The quantitative estimate of drug-likeness (QED) is 0.634. The third-order valence-corrected chi connectivity index (χ3v) is 1.95. The van der Waals surface area contributed by atoms with Crippen LogP contribution in [0.25, 0.3) is 11.0 Å². The van der Waals surface area contributed by atoms with E-state index in [9.17, 15) is 0 Å². The fraction of sp³-hybridized carbons (Fsp3) is 0.250. The summed E-state index contributed by atoms with van der Waals surface area (Å²) < 4.78 is 0. The first kappa shape index (κ1) is 7.55. The number of aromatic nitrogens is 3. The maximum Gasteiger partial charge on any atom is 0.224 e. The fourth-order valence-electron chi connectivity index (χ4n) is 1.25. The second-order valence-corrected chi connectivity index (χ2v) is 3.13. The van der Waals surface area contributed by atoms with E-state index in [0.29, 0.717) is 5.28 Å². The number of halogens is 1. The van der Waals surface area contributed by atoms with E-state index in [1.54, 1.807) is 0 Å². The van der Waals surface area contributed by atoms with Crippen LogP contribution in [0.5, 0.6) is 0 Å². The van der Waals surface area contributed by atoms with Crippen molar-refractivity contribution in [2.24, 2.45) is 0 Å². The molecule has 2 aromatic rings. The molecular weight excluding hydrogens is 174 g/mol. The molecule has 12 heavy (non-hydrogen) atoms. The van der Waals surface area contributed by atoms with Gasteiger partial charge >= 0.3 is 0 Å². The molecule has 1 N–H and O–H groups in total. The minimum atomic E-state index is 0.293. The molecular formula is C8H8ClN3. The number of nitrogens with one attached hydrogen (secondary N) is 1. The van der Waals surface area contributed by atoms with Gasteiger partial charge in [0.05, 0.1) is 5.69 Å². The lowest BCUT2D eigenvalue weighted by Gasteiger charge is -1.93. The number of fused-ring (bicyclic) bond motifs is 1. The molecule has 4 heteroatoms. The van der Waals surface area contributed by atoms with Crippen LogP contribution in [0, 0.1) is 13.8 Å². The molecule has 62 valence electrons. The van der Waals surface area contributed by atoms with Crippen LogP contribution < -0.4 is 0 Å². The average Bonchev–Trinajstić information content (AvgIpc) is 2.29. The van der Waals surface area contributed by atoms with Gasteiger partial charge in [-0.3, -0.25) is 0 Å². The van der Waals surface area contributed by atoms with Gasteiger partial charge in [0, 0.05) is 11.1 Å². The van der Waals surface area contributed by atoms with Crippen molar-refractivity contribution < 1.29 is 0 Å². The molecule has 0 radical (unpaired) electrons. The van der Waals surface area contributed by atoms with Crippen molar-refractivity contribution in [3.05, 3.63) is 22.7 Å². The highest BCUT2D eigenvalue weighted by molar-refractivity contribution is 6.28. The van der Waals surface area contributed by atoms with Crippen LogP contribution in [0.15, 0.2) is 6.07 Å². The highest BCUT2D eigenvalue weighted by Gasteiger charge is 2.04. The van der Waals surface area contributed by atoms with Crippen molar-refractivity contribution in [2.45, 2.75) is 13.8 Å². The Morgan fingerprint density at radius 2 is 2.08 bits per heavy atom. The summed E-state index contributed by atoms with van der Waals surface area (Å²) in [5.41, 5.74) is 2.80. The zero-order chi connectivity index (χ0) is 8.72. The predicted octanol–water partition coefficient (Wildman–Crippen LogP) is 2.23. The first-order valence-electron chi connectivity index (χ1n) is 3.66. The van der Waals surface area contributed by atoms with Gasteiger partial charge in [0.2, 0.25) is 5.28 Å². The predicted molar refractivity (Wildman–Crippen MR) is 48.4 cm³/mol. The number of H-pyrrole nitrogens is 1. The first-order valence-corrected chi connectivity index (χ1v) is 4.04. The number of aryl methyl sites for hydroxylation is 2. The molecule has 0 aliphatic rings. The molecule has 0 aliphatic heterocycles. The molecule has 0 fully saturated rings. The van der Waals surface area contributed by atoms with Crippen molar-refractivity contribution in [2.75, 3.05) is 0 Å². The number of hydrogen-bond donors (Lipinski definition) is 1. The Hall–Kier alpha value is -1.09. The van der Waals surface area contributed by atoms with Gasteiger partial charge < -0.3 is 4.98 Å². The van der Waals surface area contributed by atoms with Gasteiger partial charge in [-0.15, -0.1) is 0 Å². The van der Waals surface area contributed by atoms with Gasteiger partial charge in [0.25, 0.3) is 0 Å². The number of aromatic amines is 1. The van der Waals surface area contributed by atoms with Crippen LogP contribution in [0.3, 0.4) is 0 Å². The Morgan fingerprint density at radius 3 is 2.83 bits per heavy atom. The Labute approximate surface area is 74.8 Å². The average molecular weight is 182 g/mol. The van der Waals surface area contributed by atoms with Gasteiger partial charge in [0.1, 0.15) is 5.65 Å². The third kappa shape index (κ3) is 1.06. The second-order valence-electron chi connectivity index (χ2n) is 2.79. The molecule has 0 aromatic carbocycles. The topological polar surface area (TPSA) is 41.6 Å². The second kappa shape index (κ2) is 2.45. The zero-order valence-electron chi connectivity index (χ0n) is 6.85. The Morgan fingerprint density at radius 1 is 1.33 bits per heavy atom. The van der Waals surface area contributed by atoms with Gasteiger partial charge in [0.15, 0.2) is 0 Å². The van der Waals surface area contributed by atoms with Gasteiger partial charge in [-0.25, -0.2) is 4.98 Å². The van der Waals surface area contributed by atoms with E-state index in [2.05, 4.69) is 15.0 Å². The molecule has 3 nitrogen and oxygen atoms in total. The maximum absolute atomic E-state index is 5.69. The van der Waals surface area contributed by atoms with Crippen molar-refractivity contribution in [1.29, 1.82) is 0 Å². The van der Waals surface area contributed by atoms with E-state index >= 15 is 0 Å². The smallest absolute Gasteiger partial charge is 0.224 e. The minimum Gasteiger partial charge on any atom is -0.343 e. The van der Waals surface area contributed by atoms with E-state index in [0.717, 1.165) is 22.4 Å². The van der Waals surface area contributed by atoms with E-state index in [1.807, 2.05) is 19.9 Å². The van der Waals surface area contributed by atoms with Crippen molar-refractivity contribution in [3.8, 4) is 0 Å². The Bertz CT molecular complexity index is 433.